The van der Waals surface area contributed by atoms with Gasteiger partial charge >= 0.3 is 21.3 Å². The number of hydrogen-bond acceptors (Lipinski definition) is 4. The van der Waals surface area contributed by atoms with Gasteiger partial charge in [0.2, 0.25) is 5.91 Å². The lowest BCUT2D eigenvalue weighted by atomic mass is 9.95. The van der Waals surface area contributed by atoms with Crippen molar-refractivity contribution in [2.75, 3.05) is 13.1 Å². The molecule has 0 heterocycles. The summed E-state index contributed by atoms with van der Waals surface area (Å²) < 4.78 is 55.8. The summed E-state index contributed by atoms with van der Waals surface area (Å²) >= 11 is 0. The summed E-state index contributed by atoms with van der Waals surface area (Å²) in [5.74, 6) is -2.34. The summed E-state index contributed by atoms with van der Waals surface area (Å²) in [6.07, 6.45) is 3.01. The van der Waals surface area contributed by atoms with Gasteiger partial charge in [-0.05, 0) is 31.1 Å². The molecule has 140 valence electrons. The Morgan fingerprint density at radius 2 is 1.71 bits per heavy atom. The SMILES string of the molecule is CCC(C)C(=O)NCC1CCCC1CNC(=O)C(F)(F)S(=O)(=O)O. The lowest BCUT2D eigenvalue weighted by molar-refractivity contribution is -0.136. The molecular weight excluding hydrogens is 346 g/mol. The fourth-order valence-corrected chi connectivity index (χ4v) is 2.99. The first-order valence-electron chi connectivity index (χ1n) is 7.91. The molecule has 1 fully saturated rings. The van der Waals surface area contributed by atoms with Crippen LogP contribution in [0, 0.1) is 17.8 Å². The zero-order chi connectivity index (χ0) is 18.5. The molecule has 1 aliphatic carbocycles. The molecule has 0 aromatic carbocycles. The van der Waals surface area contributed by atoms with Crippen LogP contribution in [0.5, 0.6) is 0 Å². The van der Waals surface area contributed by atoms with Crippen molar-refractivity contribution in [3.63, 3.8) is 0 Å². The lowest BCUT2D eigenvalue weighted by Crippen LogP contribution is -2.47. The van der Waals surface area contributed by atoms with Crippen LogP contribution in [0.1, 0.15) is 39.5 Å². The van der Waals surface area contributed by atoms with Crippen LogP contribution >= 0.6 is 0 Å². The van der Waals surface area contributed by atoms with Crippen LogP contribution in [0.4, 0.5) is 8.78 Å². The highest BCUT2D eigenvalue weighted by molar-refractivity contribution is 7.87. The number of hydrogen-bond donors (Lipinski definition) is 3. The fourth-order valence-electron chi connectivity index (χ4n) is 2.69. The molecule has 0 aromatic heterocycles. The van der Waals surface area contributed by atoms with Gasteiger partial charge in [0.15, 0.2) is 0 Å². The van der Waals surface area contributed by atoms with E-state index in [4.69, 9.17) is 4.55 Å². The molecule has 1 saturated carbocycles. The quantitative estimate of drug-likeness (QED) is 0.555. The van der Waals surface area contributed by atoms with Crippen LogP contribution in [0.2, 0.25) is 0 Å². The van der Waals surface area contributed by atoms with Crippen molar-refractivity contribution in [3.05, 3.63) is 0 Å². The van der Waals surface area contributed by atoms with Gasteiger partial charge in [-0.1, -0.05) is 20.3 Å². The number of amides is 2. The Hall–Kier alpha value is -1.29. The lowest BCUT2D eigenvalue weighted by Gasteiger charge is -2.22. The topological polar surface area (TPSA) is 113 Å². The van der Waals surface area contributed by atoms with E-state index in [1.54, 1.807) is 6.92 Å². The van der Waals surface area contributed by atoms with Crippen molar-refractivity contribution in [2.24, 2.45) is 17.8 Å². The first-order valence-corrected chi connectivity index (χ1v) is 9.35. The molecule has 7 nitrogen and oxygen atoms in total. The summed E-state index contributed by atoms with van der Waals surface area (Å²) in [4.78, 5) is 23.1. The van der Waals surface area contributed by atoms with Gasteiger partial charge in [0.05, 0.1) is 0 Å². The van der Waals surface area contributed by atoms with Gasteiger partial charge < -0.3 is 10.6 Å². The molecule has 0 radical (unpaired) electrons. The van der Waals surface area contributed by atoms with E-state index < -0.39 is 21.3 Å². The average Bonchev–Trinajstić information content (AvgIpc) is 2.95. The molecule has 1 aliphatic rings. The Bertz CT molecular complexity index is 568. The highest BCUT2D eigenvalue weighted by Crippen LogP contribution is 2.31. The van der Waals surface area contributed by atoms with Crippen molar-refractivity contribution in [1.82, 2.24) is 10.6 Å². The predicted octanol–water partition coefficient (Wildman–Crippen LogP) is 1.16. The number of carbonyl (C=O) groups is 2. The third-order valence-corrected chi connectivity index (χ3v) is 5.36. The summed E-state index contributed by atoms with van der Waals surface area (Å²) in [5.41, 5.74) is 0. The first kappa shape index (κ1) is 20.8. The Morgan fingerprint density at radius 3 is 2.17 bits per heavy atom. The van der Waals surface area contributed by atoms with Gasteiger partial charge in [0.1, 0.15) is 0 Å². The van der Waals surface area contributed by atoms with Crippen molar-refractivity contribution >= 4 is 21.9 Å². The first-order chi connectivity index (χ1) is 11.0. The Balaban J connectivity index is 2.53. The number of rotatable bonds is 8. The van der Waals surface area contributed by atoms with E-state index in [1.807, 2.05) is 12.2 Å². The molecule has 3 atom stereocenters. The molecular formula is C14H24F2N2O5S. The van der Waals surface area contributed by atoms with Crippen molar-refractivity contribution in [1.29, 1.82) is 0 Å². The van der Waals surface area contributed by atoms with E-state index in [0.29, 0.717) is 19.4 Å². The summed E-state index contributed by atoms with van der Waals surface area (Å²) in [6.45, 7) is 3.96. The molecule has 2 amide bonds. The van der Waals surface area contributed by atoms with E-state index in [2.05, 4.69) is 5.32 Å². The fraction of sp³-hybridized carbons (Fsp3) is 0.857. The zero-order valence-corrected chi connectivity index (χ0v) is 14.5. The monoisotopic (exact) mass is 370 g/mol. The van der Waals surface area contributed by atoms with Gasteiger partial charge in [-0.3, -0.25) is 14.1 Å². The third-order valence-electron chi connectivity index (χ3n) is 4.53. The number of halogens is 2. The molecule has 10 heteroatoms. The molecule has 3 N–H and O–H groups in total. The Morgan fingerprint density at radius 1 is 1.21 bits per heavy atom. The van der Waals surface area contributed by atoms with E-state index in [1.165, 1.54) is 0 Å². The standard InChI is InChI=1S/C14H24F2N2O5S/c1-3-9(2)12(19)17-7-10-5-4-6-11(10)8-18-13(20)14(15,16)24(21,22)23/h9-11H,3-8H2,1-2H3,(H,17,19)(H,18,20)(H,21,22,23). The molecule has 0 bridgehead atoms. The van der Waals surface area contributed by atoms with Gasteiger partial charge in [0, 0.05) is 19.0 Å². The summed E-state index contributed by atoms with van der Waals surface area (Å²) in [6, 6.07) is 0. The largest absolute Gasteiger partial charge is 0.446 e. The summed E-state index contributed by atoms with van der Waals surface area (Å²) in [7, 11) is -5.80. The molecule has 0 aliphatic heterocycles. The van der Waals surface area contributed by atoms with Crippen molar-refractivity contribution in [3.8, 4) is 0 Å². The van der Waals surface area contributed by atoms with Crippen molar-refractivity contribution < 1.29 is 31.3 Å². The second-order valence-electron chi connectivity index (χ2n) is 6.21. The number of carbonyl (C=O) groups excluding carboxylic acids is 2. The molecule has 24 heavy (non-hydrogen) atoms. The maximum Gasteiger partial charge on any atom is 0.446 e. The number of alkyl halides is 2. The van der Waals surface area contributed by atoms with E-state index >= 15 is 0 Å². The van der Waals surface area contributed by atoms with Gasteiger partial charge in [0.25, 0.3) is 0 Å². The second-order valence-corrected chi connectivity index (χ2v) is 7.67. The minimum atomic E-state index is -5.80. The van der Waals surface area contributed by atoms with Gasteiger partial charge in [-0.15, -0.1) is 0 Å². The maximum absolute atomic E-state index is 13.2. The van der Waals surface area contributed by atoms with Crippen LogP contribution < -0.4 is 10.6 Å². The molecule has 3 unspecified atom stereocenters. The van der Waals surface area contributed by atoms with Crippen LogP contribution in [0.25, 0.3) is 0 Å². The van der Waals surface area contributed by atoms with E-state index in [-0.39, 0.29) is 30.2 Å². The van der Waals surface area contributed by atoms with Crippen molar-refractivity contribution in [2.45, 2.75) is 44.8 Å². The van der Waals surface area contributed by atoms with Gasteiger partial charge in [-0.2, -0.15) is 17.2 Å². The minimum Gasteiger partial charge on any atom is -0.356 e. The molecule has 0 saturated heterocycles. The number of nitrogens with one attached hydrogen (secondary N) is 2. The zero-order valence-electron chi connectivity index (χ0n) is 13.7. The van der Waals surface area contributed by atoms with Gasteiger partial charge in [-0.25, -0.2) is 0 Å². The highest BCUT2D eigenvalue weighted by Gasteiger charge is 2.52. The minimum absolute atomic E-state index is 0.0256. The molecule has 0 spiro atoms. The maximum atomic E-state index is 13.2. The van der Waals surface area contributed by atoms with E-state index in [9.17, 15) is 26.8 Å². The van der Waals surface area contributed by atoms with Crippen LogP contribution in [-0.4, -0.2) is 43.1 Å². The third kappa shape index (κ3) is 5.10. The van der Waals surface area contributed by atoms with Crippen LogP contribution in [0.15, 0.2) is 0 Å². The average molecular weight is 370 g/mol. The van der Waals surface area contributed by atoms with Crippen LogP contribution in [0.3, 0.4) is 0 Å². The Labute approximate surface area is 140 Å². The summed E-state index contributed by atoms with van der Waals surface area (Å²) in [5, 5.41) is -0.175. The predicted molar refractivity (Wildman–Crippen MR) is 82.8 cm³/mol. The normalized spacial score (nSPS) is 22.9. The molecule has 1 rings (SSSR count). The molecule has 0 aromatic rings. The Kier molecular flexibility index (Phi) is 7.09. The second kappa shape index (κ2) is 8.19. The van der Waals surface area contributed by atoms with Crippen LogP contribution in [-0.2, 0) is 19.7 Å². The van der Waals surface area contributed by atoms with E-state index in [0.717, 1.165) is 12.8 Å². The highest BCUT2D eigenvalue weighted by atomic mass is 32.2. The smallest absolute Gasteiger partial charge is 0.356 e.